The molecule has 0 bridgehead atoms. The molecule has 1 aliphatic carbocycles. The largest absolute Gasteiger partial charge is 0.481 e. The molecule has 0 spiro atoms. The Morgan fingerprint density at radius 2 is 1.82 bits per heavy atom. The summed E-state index contributed by atoms with van der Waals surface area (Å²) in [4.78, 5) is 23.3. The van der Waals surface area contributed by atoms with Crippen LogP contribution in [0.4, 0.5) is 0 Å². The minimum atomic E-state index is -0.770. The highest BCUT2D eigenvalue weighted by Gasteiger charge is 2.30. The van der Waals surface area contributed by atoms with Crippen LogP contribution in [-0.2, 0) is 16.0 Å². The smallest absolute Gasteiger partial charge is 0.306 e. The van der Waals surface area contributed by atoms with E-state index >= 15 is 0 Å². The van der Waals surface area contributed by atoms with Crippen LogP contribution in [0.25, 0.3) is 0 Å². The van der Waals surface area contributed by atoms with Gasteiger partial charge in [-0.25, -0.2) is 0 Å². The van der Waals surface area contributed by atoms with Gasteiger partial charge in [-0.05, 0) is 56.2 Å². The van der Waals surface area contributed by atoms with Crippen molar-refractivity contribution in [3.8, 4) is 0 Å². The third-order valence-corrected chi connectivity index (χ3v) is 4.71. The number of carbonyl (C=O) groups excluding carboxylic acids is 1. The molecule has 1 saturated carbocycles. The van der Waals surface area contributed by atoms with Crippen molar-refractivity contribution in [1.29, 1.82) is 0 Å². The molecule has 0 saturated heterocycles. The summed E-state index contributed by atoms with van der Waals surface area (Å²) >= 11 is 0. The van der Waals surface area contributed by atoms with Crippen LogP contribution in [0.15, 0.2) is 18.2 Å². The van der Waals surface area contributed by atoms with Gasteiger partial charge in [0.1, 0.15) is 0 Å². The zero-order valence-electron chi connectivity index (χ0n) is 13.4. The molecule has 2 unspecified atom stereocenters. The molecule has 1 amide bonds. The zero-order chi connectivity index (χ0) is 16.1. The summed E-state index contributed by atoms with van der Waals surface area (Å²) in [5.41, 5.74) is 3.78. The van der Waals surface area contributed by atoms with E-state index in [-0.39, 0.29) is 17.7 Å². The fraction of sp³-hybridized carbons (Fsp3) is 0.556. The Hall–Kier alpha value is -1.84. The van der Waals surface area contributed by atoms with Crippen LogP contribution in [0.1, 0.15) is 42.4 Å². The van der Waals surface area contributed by atoms with Gasteiger partial charge in [0, 0.05) is 12.5 Å². The molecular weight excluding hydrogens is 278 g/mol. The van der Waals surface area contributed by atoms with Crippen LogP contribution in [0.2, 0.25) is 0 Å². The quantitative estimate of drug-likeness (QED) is 0.879. The van der Waals surface area contributed by atoms with E-state index < -0.39 is 5.97 Å². The van der Waals surface area contributed by atoms with E-state index in [0.29, 0.717) is 19.4 Å². The van der Waals surface area contributed by atoms with Gasteiger partial charge < -0.3 is 10.4 Å². The second-order valence-electron chi connectivity index (χ2n) is 6.31. The second kappa shape index (κ2) is 7.43. The van der Waals surface area contributed by atoms with Crippen molar-refractivity contribution in [2.75, 3.05) is 6.54 Å². The topological polar surface area (TPSA) is 66.4 Å². The first-order chi connectivity index (χ1) is 10.5. The number of rotatable bonds is 5. The molecule has 0 aromatic heterocycles. The lowest BCUT2D eigenvalue weighted by Crippen LogP contribution is -2.36. The third kappa shape index (κ3) is 4.09. The molecule has 1 aliphatic rings. The van der Waals surface area contributed by atoms with E-state index in [1.807, 2.05) is 6.07 Å². The summed E-state index contributed by atoms with van der Waals surface area (Å²) < 4.78 is 0. The number of amides is 1. The maximum absolute atomic E-state index is 12.2. The van der Waals surface area contributed by atoms with Crippen LogP contribution in [0.5, 0.6) is 0 Å². The molecule has 4 nitrogen and oxygen atoms in total. The lowest BCUT2D eigenvalue weighted by molar-refractivity contribution is -0.144. The standard InChI is InChI=1S/C18H25NO3/c1-12-5-3-6-13(2)16(12)9-10-19-17(20)14-7-4-8-15(11-14)18(21)22/h3,5-6,14-15H,4,7-11H2,1-2H3,(H,19,20)(H,21,22). The lowest BCUT2D eigenvalue weighted by atomic mass is 9.81. The van der Waals surface area contributed by atoms with E-state index in [1.165, 1.54) is 16.7 Å². The molecule has 120 valence electrons. The van der Waals surface area contributed by atoms with Gasteiger partial charge >= 0.3 is 5.97 Å². The SMILES string of the molecule is Cc1cccc(C)c1CCNC(=O)C1CCCC(C(=O)O)C1. The number of hydrogen-bond acceptors (Lipinski definition) is 2. The molecule has 1 aromatic carbocycles. The van der Waals surface area contributed by atoms with Crippen LogP contribution in [0.3, 0.4) is 0 Å². The summed E-state index contributed by atoms with van der Waals surface area (Å²) in [6.07, 6.45) is 3.62. The van der Waals surface area contributed by atoms with Gasteiger partial charge in [0.05, 0.1) is 5.92 Å². The van der Waals surface area contributed by atoms with Gasteiger partial charge in [-0.15, -0.1) is 0 Å². The van der Waals surface area contributed by atoms with E-state index in [1.54, 1.807) is 0 Å². The van der Waals surface area contributed by atoms with Gasteiger partial charge in [-0.1, -0.05) is 24.6 Å². The van der Waals surface area contributed by atoms with Crippen LogP contribution >= 0.6 is 0 Å². The van der Waals surface area contributed by atoms with Crippen LogP contribution in [0, 0.1) is 25.7 Å². The molecule has 0 heterocycles. The zero-order valence-corrected chi connectivity index (χ0v) is 13.4. The number of aryl methyl sites for hydroxylation is 2. The van der Waals surface area contributed by atoms with Gasteiger partial charge in [-0.3, -0.25) is 9.59 Å². The Kier molecular flexibility index (Phi) is 5.58. The summed E-state index contributed by atoms with van der Waals surface area (Å²) in [5.74, 6) is -1.26. The van der Waals surface area contributed by atoms with Crippen molar-refractivity contribution in [3.05, 3.63) is 34.9 Å². The molecule has 1 fully saturated rings. The Bertz CT molecular complexity index is 533. The van der Waals surface area contributed by atoms with E-state index in [0.717, 1.165) is 19.3 Å². The number of hydrogen-bond donors (Lipinski definition) is 2. The van der Waals surface area contributed by atoms with Gasteiger partial charge in [0.2, 0.25) is 5.91 Å². The first-order valence-corrected chi connectivity index (χ1v) is 8.04. The molecule has 4 heteroatoms. The summed E-state index contributed by atoms with van der Waals surface area (Å²) in [7, 11) is 0. The number of carboxylic acids is 1. The van der Waals surface area contributed by atoms with Crippen molar-refractivity contribution in [1.82, 2.24) is 5.32 Å². The highest BCUT2D eigenvalue weighted by atomic mass is 16.4. The predicted molar refractivity (Wildman–Crippen MR) is 85.7 cm³/mol. The van der Waals surface area contributed by atoms with Crippen molar-refractivity contribution >= 4 is 11.9 Å². The van der Waals surface area contributed by atoms with Crippen molar-refractivity contribution in [2.24, 2.45) is 11.8 Å². The molecule has 2 N–H and O–H groups in total. The Balaban J connectivity index is 1.84. The van der Waals surface area contributed by atoms with Gasteiger partial charge in [0.15, 0.2) is 0 Å². The maximum Gasteiger partial charge on any atom is 0.306 e. The molecule has 2 rings (SSSR count). The number of carbonyl (C=O) groups is 2. The fourth-order valence-corrected chi connectivity index (χ4v) is 3.35. The molecule has 0 radical (unpaired) electrons. The first-order valence-electron chi connectivity index (χ1n) is 8.04. The van der Waals surface area contributed by atoms with Crippen LogP contribution < -0.4 is 5.32 Å². The average Bonchev–Trinajstić information content (AvgIpc) is 2.50. The monoisotopic (exact) mass is 303 g/mol. The normalized spacial score (nSPS) is 21.4. The molecular formula is C18H25NO3. The number of nitrogens with one attached hydrogen (secondary N) is 1. The predicted octanol–water partition coefficient (Wildman–Crippen LogP) is 2.85. The van der Waals surface area contributed by atoms with E-state index in [4.69, 9.17) is 5.11 Å². The fourth-order valence-electron chi connectivity index (χ4n) is 3.35. The maximum atomic E-state index is 12.2. The van der Waals surface area contributed by atoms with Crippen molar-refractivity contribution < 1.29 is 14.7 Å². The average molecular weight is 303 g/mol. The van der Waals surface area contributed by atoms with Crippen molar-refractivity contribution in [2.45, 2.75) is 46.0 Å². The third-order valence-electron chi connectivity index (χ3n) is 4.71. The summed E-state index contributed by atoms with van der Waals surface area (Å²) in [5, 5.41) is 12.1. The van der Waals surface area contributed by atoms with Gasteiger partial charge in [-0.2, -0.15) is 0 Å². The Morgan fingerprint density at radius 1 is 1.18 bits per heavy atom. The number of carboxylic acid groups (broad SMARTS) is 1. The van der Waals surface area contributed by atoms with Gasteiger partial charge in [0.25, 0.3) is 0 Å². The minimum absolute atomic E-state index is 0.0113. The summed E-state index contributed by atoms with van der Waals surface area (Å²) in [6.45, 7) is 4.78. The van der Waals surface area contributed by atoms with Crippen LogP contribution in [-0.4, -0.2) is 23.5 Å². The minimum Gasteiger partial charge on any atom is -0.481 e. The highest BCUT2D eigenvalue weighted by molar-refractivity contribution is 5.80. The molecule has 2 atom stereocenters. The highest BCUT2D eigenvalue weighted by Crippen LogP contribution is 2.29. The summed E-state index contributed by atoms with van der Waals surface area (Å²) in [6, 6.07) is 6.21. The lowest BCUT2D eigenvalue weighted by Gasteiger charge is -2.25. The Morgan fingerprint density at radius 3 is 2.45 bits per heavy atom. The Labute approximate surface area is 131 Å². The number of aliphatic carboxylic acids is 1. The number of benzene rings is 1. The first kappa shape index (κ1) is 16.5. The second-order valence-corrected chi connectivity index (χ2v) is 6.31. The molecule has 1 aromatic rings. The van der Waals surface area contributed by atoms with E-state index in [9.17, 15) is 9.59 Å². The van der Waals surface area contributed by atoms with Crippen molar-refractivity contribution in [3.63, 3.8) is 0 Å². The van der Waals surface area contributed by atoms with E-state index in [2.05, 4.69) is 31.3 Å². The molecule has 22 heavy (non-hydrogen) atoms. The molecule has 0 aliphatic heterocycles.